The van der Waals surface area contributed by atoms with Crippen molar-refractivity contribution < 1.29 is 12.8 Å². The lowest BCUT2D eigenvalue weighted by atomic mass is 10.0. The minimum Gasteiger partial charge on any atom is -0.386 e. The molecule has 0 saturated carbocycles. The van der Waals surface area contributed by atoms with Gasteiger partial charge in [0.1, 0.15) is 11.7 Å². The summed E-state index contributed by atoms with van der Waals surface area (Å²) in [7, 11) is -3.84. The average Bonchev–Trinajstić information content (AvgIpc) is 2.41. The van der Waals surface area contributed by atoms with Crippen LogP contribution in [-0.4, -0.2) is 31.1 Å². The van der Waals surface area contributed by atoms with Gasteiger partial charge in [-0.2, -0.15) is 4.31 Å². The van der Waals surface area contributed by atoms with Crippen LogP contribution in [0, 0.1) is 18.2 Å². The van der Waals surface area contributed by atoms with E-state index in [1.54, 1.807) is 6.92 Å². The monoisotopic (exact) mass is 299 g/mol. The fraction of sp³-hybridized carbons (Fsp3) is 0.462. The number of rotatable bonds is 3. The molecule has 0 aromatic heterocycles. The van der Waals surface area contributed by atoms with Crippen molar-refractivity contribution in [2.45, 2.75) is 37.1 Å². The molecule has 0 amide bonds. The van der Waals surface area contributed by atoms with Gasteiger partial charge in [0.15, 0.2) is 0 Å². The Morgan fingerprint density at radius 3 is 2.80 bits per heavy atom. The molecule has 1 atom stereocenters. The summed E-state index contributed by atoms with van der Waals surface area (Å²) in [6.45, 7) is 1.93. The highest BCUT2D eigenvalue weighted by molar-refractivity contribution is 7.89. The zero-order chi connectivity index (χ0) is 14.9. The van der Waals surface area contributed by atoms with Gasteiger partial charge >= 0.3 is 0 Å². The molecular formula is C13H18FN3O2S. The molecule has 0 aliphatic carbocycles. The fourth-order valence-electron chi connectivity index (χ4n) is 2.48. The summed E-state index contributed by atoms with van der Waals surface area (Å²) in [5, 5.41) is 7.56. The van der Waals surface area contributed by atoms with E-state index in [0.717, 1.165) is 18.9 Å². The lowest BCUT2D eigenvalue weighted by molar-refractivity contribution is 0.303. The summed E-state index contributed by atoms with van der Waals surface area (Å²) in [6.07, 6.45) is 2.08. The van der Waals surface area contributed by atoms with Crippen LogP contribution in [-0.2, 0) is 10.0 Å². The summed E-state index contributed by atoms with van der Waals surface area (Å²) < 4.78 is 39.9. The number of piperidine rings is 1. The molecule has 1 fully saturated rings. The summed E-state index contributed by atoms with van der Waals surface area (Å²) in [6, 6.07) is 3.06. The van der Waals surface area contributed by atoms with E-state index in [-0.39, 0.29) is 10.7 Å². The maximum absolute atomic E-state index is 13.4. The Morgan fingerprint density at radius 1 is 1.45 bits per heavy atom. The molecule has 110 valence electrons. The number of sulfonamides is 1. The van der Waals surface area contributed by atoms with Gasteiger partial charge in [-0.3, -0.25) is 5.41 Å². The molecule has 0 radical (unpaired) electrons. The average molecular weight is 299 g/mol. The zero-order valence-corrected chi connectivity index (χ0v) is 12.1. The molecule has 0 bridgehead atoms. The van der Waals surface area contributed by atoms with Crippen LogP contribution in [0.1, 0.15) is 24.8 Å². The third-order valence-corrected chi connectivity index (χ3v) is 5.60. The number of hydrogen-bond acceptors (Lipinski definition) is 3. The van der Waals surface area contributed by atoms with Crippen LogP contribution in [0.2, 0.25) is 0 Å². The second kappa shape index (κ2) is 5.49. The van der Waals surface area contributed by atoms with Gasteiger partial charge in [0, 0.05) is 6.54 Å². The van der Waals surface area contributed by atoms with Crippen LogP contribution < -0.4 is 5.73 Å². The third kappa shape index (κ3) is 2.69. The van der Waals surface area contributed by atoms with E-state index in [9.17, 15) is 12.8 Å². The molecule has 1 heterocycles. The predicted octanol–water partition coefficient (Wildman–Crippen LogP) is 1.61. The summed E-state index contributed by atoms with van der Waals surface area (Å²) in [5.74, 6) is -0.757. The first kappa shape index (κ1) is 14.9. The smallest absolute Gasteiger partial charge is 0.244 e. The second-order valence-corrected chi connectivity index (χ2v) is 6.85. The van der Waals surface area contributed by atoms with Gasteiger partial charge in [0.25, 0.3) is 0 Å². The van der Waals surface area contributed by atoms with Gasteiger partial charge in [0.2, 0.25) is 10.0 Å². The minimum absolute atomic E-state index is 0.0503. The Kier molecular flexibility index (Phi) is 4.10. The molecule has 2 rings (SSSR count). The molecule has 0 spiro atoms. The lowest BCUT2D eigenvalue weighted by Crippen LogP contribution is -2.50. The van der Waals surface area contributed by atoms with E-state index < -0.39 is 21.9 Å². The normalized spacial score (nSPS) is 20.8. The van der Waals surface area contributed by atoms with E-state index in [0.29, 0.717) is 18.5 Å². The van der Waals surface area contributed by atoms with Gasteiger partial charge in [-0.15, -0.1) is 0 Å². The van der Waals surface area contributed by atoms with Gasteiger partial charge in [-0.05, 0) is 37.5 Å². The van der Waals surface area contributed by atoms with Crippen LogP contribution in [0.5, 0.6) is 0 Å². The maximum Gasteiger partial charge on any atom is 0.244 e. The molecule has 1 unspecified atom stereocenters. The summed E-state index contributed by atoms with van der Waals surface area (Å²) in [4.78, 5) is -0.0503. The Bertz CT molecular complexity index is 631. The number of benzene rings is 1. The van der Waals surface area contributed by atoms with Crippen molar-refractivity contribution in [3.8, 4) is 0 Å². The van der Waals surface area contributed by atoms with Crippen molar-refractivity contribution in [1.82, 2.24) is 4.31 Å². The van der Waals surface area contributed by atoms with Crippen molar-refractivity contribution in [2.24, 2.45) is 5.73 Å². The number of amidine groups is 1. The maximum atomic E-state index is 13.4. The molecule has 1 aromatic carbocycles. The highest BCUT2D eigenvalue weighted by atomic mass is 32.2. The highest BCUT2D eigenvalue weighted by Gasteiger charge is 2.35. The van der Waals surface area contributed by atoms with Crippen molar-refractivity contribution in [1.29, 1.82) is 5.41 Å². The number of halogens is 1. The number of hydrogen-bond donors (Lipinski definition) is 2. The first-order chi connectivity index (χ1) is 9.34. The molecule has 20 heavy (non-hydrogen) atoms. The molecule has 1 aliphatic heterocycles. The van der Waals surface area contributed by atoms with Crippen LogP contribution in [0.15, 0.2) is 23.1 Å². The van der Waals surface area contributed by atoms with E-state index in [1.807, 2.05) is 0 Å². The van der Waals surface area contributed by atoms with Gasteiger partial charge in [-0.25, -0.2) is 12.8 Å². The van der Waals surface area contributed by atoms with Crippen LogP contribution in [0.25, 0.3) is 0 Å². The Morgan fingerprint density at radius 2 is 2.15 bits per heavy atom. The molecular weight excluding hydrogens is 281 g/mol. The fourth-order valence-corrected chi connectivity index (χ4v) is 4.39. The largest absolute Gasteiger partial charge is 0.386 e. The van der Waals surface area contributed by atoms with Crippen molar-refractivity contribution in [2.75, 3.05) is 6.54 Å². The molecule has 7 heteroatoms. The topological polar surface area (TPSA) is 87.2 Å². The first-order valence-electron chi connectivity index (χ1n) is 6.46. The Hall–Kier alpha value is -1.47. The van der Waals surface area contributed by atoms with E-state index >= 15 is 0 Å². The molecule has 5 nitrogen and oxygen atoms in total. The van der Waals surface area contributed by atoms with E-state index in [2.05, 4.69) is 0 Å². The lowest BCUT2D eigenvalue weighted by Gasteiger charge is -2.34. The first-order valence-corrected chi connectivity index (χ1v) is 7.90. The molecule has 1 aromatic rings. The SMILES string of the molecule is Cc1ccc(F)cc1S(=O)(=O)N1CCCCC1C(=N)N. The summed E-state index contributed by atoms with van der Waals surface area (Å²) >= 11 is 0. The number of nitrogens with two attached hydrogens (primary N) is 1. The number of aryl methyl sites for hydroxylation is 1. The molecule has 1 saturated heterocycles. The quantitative estimate of drug-likeness (QED) is 0.656. The number of nitrogens with zero attached hydrogens (tertiary/aromatic N) is 1. The molecule has 1 aliphatic rings. The highest BCUT2D eigenvalue weighted by Crippen LogP contribution is 2.27. The van der Waals surface area contributed by atoms with Crippen LogP contribution in [0.3, 0.4) is 0 Å². The van der Waals surface area contributed by atoms with E-state index in [4.69, 9.17) is 11.1 Å². The van der Waals surface area contributed by atoms with Gasteiger partial charge in [-0.1, -0.05) is 12.5 Å². The van der Waals surface area contributed by atoms with Crippen LogP contribution >= 0.6 is 0 Å². The summed E-state index contributed by atoms with van der Waals surface area (Å²) in [5.41, 5.74) is 5.99. The van der Waals surface area contributed by atoms with Crippen molar-refractivity contribution in [3.63, 3.8) is 0 Å². The molecule has 3 N–H and O–H groups in total. The van der Waals surface area contributed by atoms with Crippen molar-refractivity contribution >= 4 is 15.9 Å². The standard InChI is InChI=1S/C13H18FN3O2S/c1-9-5-6-10(14)8-12(9)20(18,19)17-7-3-2-4-11(17)13(15)16/h5-6,8,11H,2-4,7H2,1H3,(H3,15,16). The minimum atomic E-state index is -3.84. The van der Waals surface area contributed by atoms with Gasteiger partial charge < -0.3 is 5.73 Å². The Balaban J connectivity index is 2.47. The van der Waals surface area contributed by atoms with Crippen molar-refractivity contribution in [3.05, 3.63) is 29.6 Å². The van der Waals surface area contributed by atoms with Crippen LogP contribution in [0.4, 0.5) is 4.39 Å². The Labute approximate surface area is 118 Å². The number of nitrogens with one attached hydrogen (secondary N) is 1. The van der Waals surface area contributed by atoms with E-state index in [1.165, 1.54) is 16.4 Å². The predicted molar refractivity (Wildman–Crippen MR) is 74.6 cm³/mol. The zero-order valence-electron chi connectivity index (χ0n) is 11.3. The third-order valence-electron chi connectivity index (χ3n) is 3.55. The van der Waals surface area contributed by atoms with Gasteiger partial charge in [0.05, 0.1) is 10.9 Å². The second-order valence-electron chi connectivity index (χ2n) is 4.99.